The van der Waals surface area contributed by atoms with Gasteiger partial charge in [-0.05, 0) is 5.41 Å². The number of methoxy groups -OCH3 is 1. The van der Waals surface area contributed by atoms with E-state index in [9.17, 15) is 9.59 Å². The Bertz CT molecular complexity index is 627. The Hall–Kier alpha value is -2.09. The van der Waals surface area contributed by atoms with Crippen LogP contribution in [0.3, 0.4) is 0 Å². The highest BCUT2D eigenvalue weighted by molar-refractivity contribution is 5.96. The zero-order chi connectivity index (χ0) is 19.3. The molecule has 146 valence electrons. The maximum atomic E-state index is 12.7. The quantitative estimate of drug-likeness (QED) is 0.804. The summed E-state index contributed by atoms with van der Waals surface area (Å²) in [6, 6.07) is 0. The lowest BCUT2D eigenvalue weighted by Crippen LogP contribution is -2.50. The monoisotopic (exact) mass is 365 g/mol. The Morgan fingerprint density at radius 1 is 1.23 bits per heavy atom. The summed E-state index contributed by atoms with van der Waals surface area (Å²) in [6.07, 6.45) is 2.22. The molecule has 1 fully saturated rings. The minimum Gasteiger partial charge on any atom is -0.479 e. The van der Waals surface area contributed by atoms with E-state index in [0.29, 0.717) is 37.5 Å². The predicted octanol–water partition coefficient (Wildman–Crippen LogP) is 0.739. The second kappa shape index (κ2) is 8.53. The molecule has 1 aromatic heterocycles. The molecule has 1 N–H and O–H groups in total. The molecule has 0 atom stereocenters. The van der Waals surface area contributed by atoms with E-state index in [2.05, 4.69) is 36.1 Å². The molecule has 8 heteroatoms. The van der Waals surface area contributed by atoms with E-state index in [0.717, 1.165) is 19.6 Å². The fraction of sp³-hybridized carbons (Fsp3) is 0.722. The first-order chi connectivity index (χ1) is 12.2. The van der Waals surface area contributed by atoms with Crippen LogP contribution in [0.2, 0.25) is 0 Å². The SMILES string of the molecule is COc1nn(C)cc1C(=O)N1CCN(CCNC(=O)CC(C)(C)C)CC1. The van der Waals surface area contributed by atoms with Crippen LogP contribution < -0.4 is 10.1 Å². The Balaban J connectivity index is 1.75. The van der Waals surface area contributed by atoms with Gasteiger partial charge in [-0.25, -0.2) is 0 Å². The molecule has 2 heterocycles. The molecule has 2 amide bonds. The topological polar surface area (TPSA) is 79.7 Å². The number of amides is 2. The van der Waals surface area contributed by atoms with Crippen molar-refractivity contribution in [2.75, 3.05) is 46.4 Å². The third-order valence-corrected chi connectivity index (χ3v) is 4.32. The normalized spacial score (nSPS) is 15.8. The number of aromatic nitrogens is 2. The van der Waals surface area contributed by atoms with E-state index in [-0.39, 0.29) is 17.2 Å². The van der Waals surface area contributed by atoms with Crippen LogP contribution in [-0.4, -0.2) is 77.8 Å². The van der Waals surface area contributed by atoms with Gasteiger partial charge >= 0.3 is 0 Å². The van der Waals surface area contributed by atoms with Gasteiger partial charge in [0, 0.05) is 58.9 Å². The van der Waals surface area contributed by atoms with Gasteiger partial charge in [0.1, 0.15) is 5.56 Å². The van der Waals surface area contributed by atoms with Gasteiger partial charge in [-0.1, -0.05) is 20.8 Å². The van der Waals surface area contributed by atoms with Crippen molar-refractivity contribution in [1.29, 1.82) is 0 Å². The third kappa shape index (κ3) is 5.72. The van der Waals surface area contributed by atoms with Crippen LogP contribution in [0.5, 0.6) is 5.88 Å². The number of hydrogen-bond acceptors (Lipinski definition) is 5. The number of carbonyl (C=O) groups is 2. The van der Waals surface area contributed by atoms with E-state index in [1.54, 1.807) is 17.9 Å². The molecule has 8 nitrogen and oxygen atoms in total. The predicted molar refractivity (Wildman–Crippen MR) is 99.2 cm³/mol. The van der Waals surface area contributed by atoms with E-state index in [1.165, 1.54) is 7.11 Å². The second-order valence-electron chi connectivity index (χ2n) is 7.95. The van der Waals surface area contributed by atoms with Crippen LogP contribution >= 0.6 is 0 Å². The van der Waals surface area contributed by atoms with Crippen LogP contribution in [0.25, 0.3) is 0 Å². The van der Waals surface area contributed by atoms with Gasteiger partial charge in [0.15, 0.2) is 0 Å². The molecule has 1 saturated heterocycles. The number of aryl methyl sites for hydroxylation is 1. The van der Waals surface area contributed by atoms with Crippen LogP contribution in [0.15, 0.2) is 6.20 Å². The van der Waals surface area contributed by atoms with Gasteiger partial charge in [-0.15, -0.1) is 5.10 Å². The van der Waals surface area contributed by atoms with Gasteiger partial charge in [0.05, 0.1) is 7.11 Å². The van der Waals surface area contributed by atoms with Crippen molar-refractivity contribution in [2.45, 2.75) is 27.2 Å². The number of ether oxygens (including phenoxy) is 1. The summed E-state index contributed by atoms with van der Waals surface area (Å²) in [5, 5.41) is 7.11. The first-order valence-corrected chi connectivity index (χ1v) is 9.05. The first-order valence-electron chi connectivity index (χ1n) is 9.05. The molecule has 0 saturated carbocycles. The Morgan fingerprint density at radius 3 is 2.46 bits per heavy atom. The molecule has 0 unspecified atom stereocenters. The maximum absolute atomic E-state index is 12.7. The Labute approximate surface area is 155 Å². The standard InChI is InChI=1S/C18H31N5O3/c1-18(2,3)12-15(24)19-6-7-22-8-10-23(11-9-22)17(25)14-13-21(4)20-16(14)26-5/h13H,6-12H2,1-5H3,(H,19,24). The van der Waals surface area contributed by atoms with Crippen molar-refractivity contribution in [2.24, 2.45) is 12.5 Å². The van der Waals surface area contributed by atoms with Crippen LogP contribution in [-0.2, 0) is 11.8 Å². The summed E-state index contributed by atoms with van der Waals surface area (Å²) >= 11 is 0. The first kappa shape index (κ1) is 20.2. The molecule has 0 spiro atoms. The van der Waals surface area contributed by atoms with Gasteiger partial charge in [-0.3, -0.25) is 19.2 Å². The summed E-state index contributed by atoms with van der Waals surface area (Å²) < 4.78 is 6.77. The number of rotatable bonds is 6. The zero-order valence-corrected chi connectivity index (χ0v) is 16.5. The Kier molecular flexibility index (Phi) is 6.63. The average Bonchev–Trinajstić information content (AvgIpc) is 2.94. The molecule has 1 aliphatic rings. The van der Waals surface area contributed by atoms with Crippen molar-refractivity contribution in [3.63, 3.8) is 0 Å². The van der Waals surface area contributed by atoms with E-state index in [4.69, 9.17) is 4.74 Å². The molecular formula is C18H31N5O3. The van der Waals surface area contributed by atoms with Gasteiger partial charge in [0.2, 0.25) is 11.8 Å². The number of nitrogens with zero attached hydrogens (tertiary/aromatic N) is 4. The lowest BCUT2D eigenvalue weighted by atomic mass is 9.92. The fourth-order valence-electron chi connectivity index (χ4n) is 3.01. The lowest BCUT2D eigenvalue weighted by molar-refractivity contribution is -0.122. The molecular weight excluding hydrogens is 334 g/mol. The molecule has 1 aliphatic heterocycles. The number of hydrogen-bond donors (Lipinski definition) is 1. The summed E-state index contributed by atoms with van der Waals surface area (Å²) in [5.41, 5.74) is 0.501. The number of nitrogens with one attached hydrogen (secondary N) is 1. The molecule has 26 heavy (non-hydrogen) atoms. The third-order valence-electron chi connectivity index (χ3n) is 4.32. The molecule has 1 aromatic rings. The van der Waals surface area contributed by atoms with Gasteiger partial charge < -0.3 is 15.0 Å². The maximum Gasteiger partial charge on any atom is 0.261 e. The molecule has 0 radical (unpaired) electrons. The molecule has 2 rings (SSSR count). The van der Waals surface area contributed by atoms with Gasteiger partial charge in [0.25, 0.3) is 5.91 Å². The lowest BCUT2D eigenvalue weighted by Gasteiger charge is -2.34. The van der Waals surface area contributed by atoms with Crippen molar-refractivity contribution >= 4 is 11.8 Å². The molecule has 0 aliphatic carbocycles. The van der Waals surface area contributed by atoms with Gasteiger partial charge in [-0.2, -0.15) is 0 Å². The highest BCUT2D eigenvalue weighted by Crippen LogP contribution is 2.19. The van der Waals surface area contributed by atoms with Crippen LogP contribution in [0, 0.1) is 5.41 Å². The van der Waals surface area contributed by atoms with Crippen molar-refractivity contribution in [3.05, 3.63) is 11.8 Å². The molecule has 0 aromatic carbocycles. The Morgan fingerprint density at radius 2 is 1.88 bits per heavy atom. The summed E-state index contributed by atoms with van der Waals surface area (Å²) in [7, 11) is 3.29. The van der Waals surface area contributed by atoms with Crippen LogP contribution in [0.1, 0.15) is 37.6 Å². The highest BCUT2D eigenvalue weighted by Gasteiger charge is 2.26. The highest BCUT2D eigenvalue weighted by atomic mass is 16.5. The van der Waals surface area contributed by atoms with Crippen LogP contribution in [0.4, 0.5) is 0 Å². The second-order valence-corrected chi connectivity index (χ2v) is 7.95. The smallest absolute Gasteiger partial charge is 0.261 e. The minimum atomic E-state index is -0.0481. The number of piperazine rings is 1. The summed E-state index contributed by atoms with van der Waals surface area (Å²) in [5.74, 6) is 0.407. The average molecular weight is 365 g/mol. The van der Waals surface area contributed by atoms with Crippen molar-refractivity contribution in [1.82, 2.24) is 24.9 Å². The van der Waals surface area contributed by atoms with E-state index >= 15 is 0 Å². The molecule has 0 bridgehead atoms. The summed E-state index contributed by atoms with van der Waals surface area (Å²) in [4.78, 5) is 28.6. The largest absolute Gasteiger partial charge is 0.479 e. The summed E-state index contributed by atoms with van der Waals surface area (Å²) in [6.45, 7) is 10.5. The minimum absolute atomic E-state index is 0.00340. The fourth-order valence-corrected chi connectivity index (χ4v) is 3.01. The van der Waals surface area contributed by atoms with Crippen molar-refractivity contribution in [3.8, 4) is 5.88 Å². The number of carbonyl (C=O) groups excluding carboxylic acids is 2. The van der Waals surface area contributed by atoms with E-state index in [1.807, 2.05) is 4.90 Å². The van der Waals surface area contributed by atoms with E-state index < -0.39 is 0 Å². The zero-order valence-electron chi connectivity index (χ0n) is 16.5. The van der Waals surface area contributed by atoms with Crippen molar-refractivity contribution < 1.29 is 14.3 Å².